The highest BCUT2D eigenvalue weighted by Crippen LogP contribution is 2.41. The van der Waals surface area contributed by atoms with Crippen LogP contribution in [0, 0.1) is 0 Å². The predicted molar refractivity (Wildman–Crippen MR) is 76.1 cm³/mol. The van der Waals surface area contributed by atoms with E-state index in [9.17, 15) is 9.59 Å². The number of aromatic nitrogens is 4. The summed E-state index contributed by atoms with van der Waals surface area (Å²) in [5.74, 6) is -0.212. The van der Waals surface area contributed by atoms with Gasteiger partial charge in [-0.3, -0.25) is 19.6 Å². The molecule has 2 aromatic rings. The van der Waals surface area contributed by atoms with Crippen LogP contribution in [0.15, 0.2) is 12.3 Å². The molecule has 1 aliphatic carbocycles. The van der Waals surface area contributed by atoms with E-state index in [1.54, 1.807) is 19.3 Å². The van der Waals surface area contributed by atoms with Gasteiger partial charge in [0, 0.05) is 19.2 Å². The number of amides is 2. The Morgan fingerprint density at radius 3 is 2.90 bits per heavy atom. The average Bonchev–Trinajstić information content (AvgIpc) is 3.06. The largest absolute Gasteiger partial charge is 0.342 e. The van der Waals surface area contributed by atoms with Gasteiger partial charge in [-0.05, 0) is 18.9 Å². The van der Waals surface area contributed by atoms with Gasteiger partial charge in [-0.15, -0.1) is 10.2 Å². The molecule has 2 N–H and O–H groups in total. The van der Waals surface area contributed by atoms with Crippen molar-refractivity contribution in [3.63, 3.8) is 0 Å². The van der Waals surface area contributed by atoms with Gasteiger partial charge in [0.1, 0.15) is 10.7 Å². The number of anilines is 1. The molecule has 2 aromatic heterocycles. The maximum atomic E-state index is 11.7. The molecule has 0 aliphatic heterocycles. The van der Waals surface area contributed by atoms with Crippen molar-refractivity contribution in [3.8, 4) is 0 Å². The molecule has 110 valence electrons. The van der Waals surface area contributed by atoms with Crippen molar-refractivity contribution in [2.24, 2.45) is 7.05 Å². The summed E-state index contributed by atoms with van der Waals surface area (Å²) in [5.41, 5.74) is 0.275. The molecule has 1 fully saturated rings. The lowest BCUT2D eigenvalue weighted by molar-refractivity contribution is -0.115. The molecule has 8 nitrogen and oxygen atoms in total. The number of carbonyl (C=O) groups excluding carboxylic acids is 2. The van der Waals surface area contributed by atoms with Crippen LogP contribution in [0.2, 0.25) is 0 Å². The van der Waals surface area contributed by atoms with Gasteiger partial charge in [-0.25, -0.2) is 0 Å². The second-order valence-electron chi connectivity index (χ2n) is 4.83. The van der Waals surface area contributed by atoms with E-state index in [-0.39, 0.29) is 24.1 Å². The Bertz CT molecular complexity index is 675. The van der Waals surface area contributed by atoms with E-state index in [4.69, 9.17) is 0 Å². The molecule has 0 aromatic carbocycles. The number of hydrogen-bond acceptors (Lipinski definition) is 6. The van der Waals surface area contributed by atoms with Gasteiger partial charge in [-0.1, -0.05) is 11.3 Å². The molecule has 9 heteroatoms. The van der Waals surface area contributed by atoms with E-state index in [1.165, 1.54) is 16.0 Å². The van der Waals surface area contributed by atoms with E-state index in [0.717, 1.165) is 17.8 Å². The highest BCUT2D eigenvalue weighted by atomic mass is 32.1. The molecule has 0 saturated heterocycles. The van der Waals surface area contributed by atoms with Gasteiger partial charge >= 0.3 is 0 Å². The average molecular weight is 306 g/mol. The monoisotopic (exact) mass is 306 g/mol. The minimum Gasteiger partial charge on any atom is -0.342 e. The smallest absolute Gasteiger partial charge is 0.272 e. The highest BCUT2D eigenvalue weighted by Gasteiger charge is 2.27. The van der Waals surface area contributed by atoms with Gasteiger partial charge < -0.3 is 5.32 Å². The molecule has 21 heavy (non-hydrogen) atoms. The van der Waals surface area contributed by atoms with Crippen LogP contribution in [0.25, 0.3) is 0 Å². The zero-order chi connectivity index (χ0) is 14.8. The molecule has 0 atom stereocenters. The van der Waals surface area contributed by atoms with Crippen LogP contribution in [0.4, 0.5) is 5.13 Å². The van der Waals surface area contributed by atoms with E-state index in [0.29, 0.717) is 11.0 Å². The lowest BCUT2D eigenvalue weighted by atomic mass is 10.4. The Labute approximate surface area is 124 Å². The summed E-state index contributed by atoms with van der Waals surface area (Å²) in [6.07, 6.45) is 3.95. The fourth-order valence-electron chi connectivity index (χ4n) is 1.73. The van der Waals surface area contributed by atoms with Crippen molar-refractivity contribution in [1.82, 2.24) is 25.3 Å². The standard InChI is InChI=1S/C12H14N6O2S/c1-18-5-4-8(17-18)10(20)13-6-9(19)14-12-16-15-11(21-12)7-2-3-7/h4-5,7H,2-3,6H2,1H3,(H,13,20)(H,14,16,19). The molecule has 1 saturated carbocycles. The molecule has 1 aliphatic rings. The maximum Gasteiger partial charge on any atom is 0.272 e. The third kappa shape index (κ3) is 3.43. The second-order valence-corrected chi connectivity index (χ2v) is 5.83. The van der Waals surface area contributed by atoms with Crippen molar-refractivity contribution < 1.29 is 9.59 Å². The minimum atomic E-state index is -0.387. The van der Waals surface area contributed by atoms with E-state index in [1.807, 2.05) is 0 Å². The second kappa shape index (κ2) is 5.60. The van der Waals surface area contributed by atoms with Crippen molar-refractivity contribution in [2.75, 3.05) is 11.9 Å². The van der Waals surface area contributed by atoms with E-state index in [2.05, 4.69) is 25.9 Å². The summed E-state index contributed by atoms with van der Waals surface area (Å²) in [6.45, 7) is -0.131. The maximum absolute atomic E-state index is 11.7. The number of nitrogens with zero attached hydrogens (tertiary/aromatic N) is 4. The van der Waals surface area contributed by atoms with Gasteiger partial charge in [-0.2, -0.15) is 5.10 Å². The number of nitrogens with one attached hydrogen (secondary N) is 2. The lowest BCUT2D eigenvalue weighted by Gasteiger charge is -2.02. The lowest BCUT2D eigenvalue weighted by Crippen LogP contribution is -2.33. The Balaban J connectivity index is 1.48. The summed E-state index contributed by atoms with van der Waals surface area (Å²) in [4.78, 5) is 23.5. The fourth-order valence-corrected chi connectivity index (χ4v) is 2.66. The summed E-state index contributed by atoms with van der Waals surface area (Å²) in [6, 6.07) is 1.58. The zero-order valence-electron chi connectivity index (χ0n) is 11.4. The summed E-state index contributed by atoms with van der Waals surface area (Å²) >= 11 is 1.38. The molecule has 0 bridgehead atoms. The number of rotatable bonds is 5. The quantitative estimate of drug-likeness (QED) is 0.838. The first-order valence-corrected chi connectivity index (χ1v) is 7.34. The van der Waals surface area contributed by atoms with Crippen LogP contribution in [-0.4, -0.2) is 38.3 Å². The number of carbonyl (C=O) groups is 2. The fraction of sp³-hybridized carbons (Fsp3) is 0.417. The normalized spacial score (nSPS) is 14.0. The Hall–Kier alpha value is -2.29. The topological polar surface area (TPSA) is 102 Å². The molecule has 2 amide bonds. The summed E-state index contributed by atoms with van der Waals surface area (Å²) < 4.78 is 1.52. The first kappa shape index (κ1) is 13.7. The molecule has 0 radical (unpaired) electrons. The van der Waals surface area contributed by atoms with Crippen LogP contribution in [0.1, 0.15) is 34.3 Å². The number of aryl methyl sites for hydroxylation is 1. The third-order valence-corrected chi connectivity index (χ3v) is 3.97. The Morgan fingerprint density at radius 1 is 1.43 bits per heavy atom. The predicted octanol–water partition coefficient (Wildman–Crippen LogP) is 0.517. The first-order valence-electron chi connectivity index (χ1n) is 6.53. The van der Waals surface area contributed by atoms with E-state index < -0.39 is 0 Å². The van der Waals surface area contributed by atoms with Gasteiger partial charge in [0.25, 0.3) is 5.91 Å². The zero-order valence-corrected chi connectivity index (χ0v) is 12.2. The molecular weight excluding hydrogens is 292 g/mol. The molecule has 0 unspecified atom stereocenters. The van der Waals surface area contributed by atoms with Crippen molar-refractivity contribution in [2.45, 2.75) is 18.8 Å². The van der Waals surface area contributed by atoms with Gasteiger partial charge in [0.15, 0.2) is 0 Å². The number of hydrogen-bond donors (Lipinski definition) is 2. The molecule has 2 heterocycles. The van der Waals surface area contributed by atoms with Crippen molar-refractivity contribution in [1.29, 1.82) is 0 Å². The molecule has 0 spiro atoms. The Morgan fingerprint density at radius 2 is 2.24 bits per heavy atom. The highest BCUT2D eigenvalue weighted by molar-refractivity contribution is 7.15. The van der Waals surface area contributed by atoms with Gasteiger partial charge in [0.05, 0.1) is 6.54 Å². The van der Waals surface area contributed by atoms with Crippen molar-refractivity contribution >= 4 is 28.3 Å². The SMILES string of the molecule is Cn1ccc(C(=O)NCC(=O)Nc2nnc(C3CC3)s2)n1. The Kier molecular flexibility index (Phi) is 3.65. The minimum absolute atomic E-state index is 0.131. The van der Waals surface area contributed by atoms with E-state index >= 15 is 0 Å². The van der Waals surface area contributed by atoms with Gasteiger partial charge in [0.2, 0.25) is 11.0 Å². The van der Waals surface area contributed by atoms with Crippen LogP contribution >= 0.6 is 11.3 Å². The molecular formula is C12H14N6O2S. The summed E-state index contributed by atoms with van der Waals surface area (Å²) in [7, 11) is 1.72. The van der Waals surface area contributed by atoms with Crippen LogP contribution in [-0.2, 0) is 11.8 Å². The molecule has 3 rings (SSSR count). The van der Waals surface area contributed by atoms with Crippen LogP contribution in [0.3, 0.4) is 0 Å². The first-order chi connectivity index (χ1) is 10.1. The van der Waals surface area contributed by atoms with Crippen molar-refractivity contribution in [3.05, 3.63) is 23.0 Å². The summed E-state index contributed by atoms with van der Waals surface area (Å²) in [5, 5.41) is 18.5. The van der Waals surface area contributed by atoms with Crippen LogP contribution < -0.4 is 10.6 Å². The van der Waals surface area contributed by atoms with Crippen LogP contribution in [0.5, 0.6) is 0 Å². The third-order valence-electron chi connectivity index (χ3n) is 2.97.